The monoisotopic (exact) mass is 371 g/mol. The summed E-state index contributed by atoms with van der Waals surface area (Å²) in [5.41, 5.74) is 1.03. The van der Waals surface area contributed by atoms with Crippen molar-refractivity contribution in [3.05, 3.63) is 17.4 Å². The first-order valence-corrected chi connectivity index (χ1v) is 11.2. The predicted molar refractivity (Wildman–Crippen MR) is 111 cm³/mol. The van der Waals surface area contributed by atoms with Gasteiger partial charge in [-0.15, -0.1) is 0 Å². The van der Waals surface area contributed by atoms with Crippen LogP contribution in [0.4, 0.5) is 0 Å². The van der Waals surface area contributed by atoms with Gasteiger partial charge in [-0.05, 0) is 57.3 Å². The van der Waals surface area contributed by atoms with E-state index >= 15 is 0 Å². The highest BCUT2D eigenvalue weighted by Gasteiger charge is 2.06. The van der Waals surface area contributed by atoms with Gasteiger partial charge in [-0.3, -0.25) is 0 Å². The van der Waals surface area contributed by atoms with Crippen molar-refractivity contribution in [2.75, 3.05) is 19.8 Å². The Labute approximate surface area is 162 Å². The van der Waals surface area contributed by atoms with Crippen molar-refractivity contribution in [3.63, 3.8) is 0 Å². The lowest BCUT2D eigenvalue weighted by Crippen LogP contribution is -2.77. The maximum atomic E-state index is 10.2. The van der Waals surface area contributed by atoms with Crippen LogP contribution in [-0.4, -0.2) is 30.0 Å². The molecule has 0 aromatic heterocycles. The van der Waals surface area contributed by atoms with Crippen LogP contribution in [-0.2, 0) is 0 Å². The smallest absolute Gasteiger partial charge is 0.0752 e. The lowest BCUT2D eigenvalue weighted by atomic mass is 9.95. The molecule has 0 atom stereocenters. The maximum absolute atomic E-state index is 10.2. The molecule has 0 spiro atoms. The molecule has 0 unspecified atom stereocenters. The van der Waals surface area contributed by atoms with Crippen LogP contribution in [0.15, 0.2) is 12.2 Å². The standard InChI is InChI=1S/C22H45NO3/c24-20-17-22(18-21-25)16-14-12-10-8-6-4-2-1-3-5-7-9-11-13-15-19-23-26/h1-2,22,24-25H,3-21,23H2. The molecule has 0 heterocycles. The van der Waals surface area contributed by atoms with E-state index in [-0.39, 0.29) is 13.2 Å². The van der Waals surface area contributed by atoms with Gasteiger partial charge in [-0.2, -0.15) is 0 Å². The van der Waals surface area contributed by atoms with Crippen LogP contribution >= 0.6 is 0 Å². The van der Waals surface area contributed by atoms with Gasteiger partial charge in [0.1, 0.15) is 0 Å². The Morgan fingerprint density at radius 1 is 0.615 bits per heavy atom. The van der Waals surface area contributed by atoms with Gasteiger partial charge in [0, 0.05) is 13.2 Å². The summed E-state index contributed by atoms with van der Waals surface area (Å²) in [5, 5.41) is 28.2. The van der Waals surface area contributed by atoms with Crippen LogP contribution in [0.1, 0.15) is 103 Å². The Morgan fingerprint density at radius 2 is 1.08 bits per heavy atom. The first kappa shape index (κ1) is 25.6. The molecule has 26 heavy (non-hydrogen) atoms. The zero-order valence-electron chi connectivity index (χ0n) is 17.0. The molecule has 156 valence electrons. The molecule has 0 aromatic carbocycles. The summed E-state index contributed by atoms with van der Waals surface area (Å²) in [4.78, 5) is 0. The van der Waals surface area contributed by atoms with Crippen LogP contribution in [0, 0.1) is 11.1 Å². The van der Waals surface area contributed by atoms with Gasteiger partial charge < -0.3 is 20.9 Å². The lowest BCUT2D eigenvalue weighted by Gasteiger charge is -2.13. The minimum absolute atomic E-state index is 0.248. The SMILES string of the molecule is [O-][NH2+]CCCCCCCCC=CCCCCCCCC(CCO)CCO. The normalized spacial score (nSPS) is 11.8. The quantitative estimate of drug-likeness (QED) is 0.158. The van der Waals surface area contributed by atoms with E-state index in [4.69, 9.17) is 10.2 Å². The summed E-state index contributed by atoms with van der Waals surface area (Å²) in [6.45, 7) is 1.23. The number of rotatable bonds is 21. The molecule has 0 radical (unpaired) electrons. The Hall–Kier alpha value is -0.420. The van der Waals surface area contributed by atoms with Crippen LogP contribution in [0.5, 0.6) is 0 Å². The number of allylic oxidation sites excluding steroid dienone is 2. The molecule has 0 aromatic rings. The third-order valence-corrected chi connectivity index (χ3v) is 5.17. The molecule has 0 saturated heterocycles. The fourth-order valence-corrected chi connectivity index (χ4v) is 3.46. The zero-order chi connectivity index (χ0) is 19.1. The van der Waals surface area contributed by atoms with Crippen molar-refractivity contribution in [1.82, 2.24) is 0 Å². The van der Waals surface area contributed by atoms with Gasteiger partial charge >= 0.3 is 0 Å². The van der Waals surface area contributed by atoms with Crippen LogP contribution < -0.4 is 5.48 Å². The molecule has 0 aliphatic carbocycles. The highest BCUT2D eigenvalue weighted by Crippen LogP contribution is 2.18. The second-order valence-electron chi connectivity index (χ2n) is 7.57. The Balaban J connectivity index is 3.23. The molecular formula is C22H45NO3. The Bertz CT molecular complexity index is 279. The van der Waals surface area contributed by atoms with E-state index in [1.54, 1.807) is 0 Å². The number of hydrogen-bond donors (Lipinski definition) is 3. The van der Waals surface area contributed by atoms with Crippen LogP contribution in [0.25, 0.3) is 0 Å². The van der Waals surface area contributed by atoms with Crippen LogP contribution in [0.2, 0.25) is 0 Å². The minimum atomic E-state index is 0.248. The van der Waals surface area contributed by atoms with Gasteiger partial charge in [-0.1, -0.05) is 63.5 Å². The molecular weight excluding hydrogens is 326 g/mol. The molecule has 0 fully saturated rings. The second-order valence-corrected chi connectivity index (χ2v) is 7.57. The predicted octanol–water partition coefficient (Wildman–Crippen LogP) is 4.45. The third kappa shape index (κ3) is 19.9. The van der Waals surface area contributed by atoms with Crippen molar-refractivity contribution in [2.24, 2.45) is 5.92 Å². The van der Waals surface area contributed by atoms with Crippen LogP contribution in [0.3, 0.4) is 0 Å². The molecule has 0 amide bonds. The average Bonchev–Trinajstić information content (AvgIpc) is 2.64. The second kappa shape index (κ2) is 22.6. The van der Waals surface area contributed by atoms with E-state index in [0.29, 0.717) is 5.92 Å². The molecule has 4 heteroatoms. The Kier molecular flexibility index (Phi) is 22.3. The molecule has 4 N–H and O–H groups in total. The first-order chi connectivity index (χ1) is 12.8. The van der Waals surface area contributed by atoms with E-state index in [1.807, 2.05) is 0 Å². The van der Waals surface area contributed by atoms with Gasteiger partial charge in [0.2, 0.25) is 0 Å². The number of quaternary nitrogens is 1. The van der Waals surface area contributed by atoms with Crippen molar-refractivity contribution in [3.8, 4) is 0 Å². The summed E-state index contributed by atoms with van der Waals surface area (Å²) < 4.78 is 0. The minimum Gasteiger partial charge on any atom is -0.636 e. The van der Waals surface area contributed by atoms with Gasteiger partial charge in [0.25, 0.3) is 0 Å². The maximum Gasteiger partial charge on any atom is 0.0752 e. The summed E-state index contributed by atoms with van der Waals surface area (Å²) in [6, 6.07) is 0. The largest absolute Gasteiger partial charge is 0.636 e. The third-order valence-electron chi connectivity index (χ3n) is 5.17. The molecule has 4 nitrogen and oxygen atoms in total. The van der Waals surface area contributed by atoms with Crippen molar-refractivity contribution < 1.29 is 15.7 Å². The summed E-state index contributed by atoms with van der Waals surface area (Å²) >= 11 is 0. The molecule has 0 bridgehead atoms. The number of hydroxylamine groups is 1. The fourth-order valence-electron chi connectivity index (χ4n) is 3.46. The number of aliphatic hydroxyl groups excluding tert-OH is 2. The number of aliphatic hydroxyl groups is 2. The van der Waals surface area contributed by atoms with Gasteiger partial charge in [0.05, 0.1) is 6.54 Å². The van der Waals surface area contributed by atoms with Crippen molar-refractivity contribution >= 4 is 0 Å². The zero-order valence-corrected chi connectivity index (χ0v) is 17.0. The molecule has 0 aliphatic heterocycles. The van der Waals surface area contributed by atoms with Crippen molar-refractivity contribution in [2.45, 2.75) is 103 Å². The summed E-state index contributed by atoms with van der Waals surface area (Å²) in [7, 11) is 0. The summed E-state index contributed by atoms with van der Waals surface area (Å²) in [5.74, 6) is 0.504. The lowest BCUT2D eigenvalue weighted by molar-refractivity contribution is -0.589. The highest BCUT2D eigenvalue weighted by molar-refractivity contribution is 4.81. The van der Waals surface area contributed by atoms with Gasteiger partial charge in [-0.25, -0.2) is 0 Å². The molecule has 0 rings (SSSR count). The van der Waals surface area contributed by atoms with E-state index in [0.717, 1.165) is 37.7 Å². The van der Waals surface area contributed by atoms with Crippen molar-refractivity contribution in [1.29, 1.82) is 0 Å². The van der Waals surface area contributed by atoms with E-state index in [9.17, 15) is 5.21 Å². The number of nitrogens with two attached hydrogens (primary N) is 1. The number of unbranched alkanes of at least 4 members (excludes halogenated alkanes) is 11. The highest BCUT2D eigenvalue weighted by atomic mass is 16.5. The average molecular weight is 372 g/mol. The fraction of sp³-hybridized carbons (Fsp3) is 0.909. The first-order valence-electron chi connectivity index (χ1n) is 11.2. The number of hydrogen-bond acceptors (Lipinski definition) is 3. The topological polar surface area (TPSA) is 80.1 Å². The molecule has 0 aliphatic rings. The molecule has 0 saturated carbocycles. The van der Waals surface area contributed by atoms with Gasteiger partial charge in [0.15, 0.2) is 0 Å². The van der Waals surface area contributed by atoms with E-state index < -0.39 is 0 Å². The van der Waals surface area contributed by atoms with E-state index in [2.05, 4.69) is 12.2 Å². The summed E-state index contributed by atoms with van der Waals surface area (Å²) in [6.07, 6.45) is 23.9. The van der Waals surface area contributed by atoms with E-state index in [1.165, 1.54) is 77.0 Å². The Morgan fingerprint density at radius 3 is 1.58 bits per heavy atom.